The van der Waals surface area contributed by atoms with Crippen LogP contribution in [0.1, 0.15) is 20.8 Å². The van der Waals surface area contributed by atoms with Gasteiger partial charge in [-0.1, -0.05) is 23.2 Å². The van der Waals surface area contributed by atoms with Gasteiger partial charge >= 0.3 is 5.97 Å². The molecule has 0 aliphatic carbocycles. The fourth-order valence-electron chi connectivity index (χ4n) is 1.31. The van der Waals surface area contributed by atoms with Crippen LogP contribution in [0, 0.1) is 0 Å². The Kier molecular flexibility index (Phi) is 5.57. The monoisotopic (exact) mass is 281 g/mol. The lowest BCUT2D eigenvalue weighted by atomic mass is 10.3. The summed E-state index contributed by atoms with van der Waals surface area (Å²) in [4.78, 5) is 23.2. The summed E-state index contributed by atoms with van der Waals surface area (Å²) in [6, 6.07) is 6.74. The molecular formula is C14H16ClNO3. The first-order chi connectivity index (χ1) is 8.88. The van der Waals surface area contributed by atoms with Gasteiger partial charge in [0.1, 0.15) is 0 Å². The summed E-state index contributed by atoms with van der Waals surface area (Å²) in [6.07, 6.45) is 0.463. The number of carbonyl (C=O) groups is 2. The molecule has 0 aliphatic rings. The van der Waals surface area contributed by atoms with Crippen LogP contribution in [0.15, 0.2) is 35.9 Å². The van der Waals surface area contributed by atoms with Crippen LogP contribution in [0.4, 0.5) is 5.69 Å². The lowest BCUT2D eigenvalue weighted by Gasteiger charge is -2.12. The first-order valence-electron chi connectivity index (χ1n) is 5.80. The summed E-state index contributed by atoms with van der Waals surface area (Å²) < 4.78 is 4.97. The third-order valence-electron chi connectivity index (χ3n) is 2.16. The molecule has 1 N–H and O–H groups in total. The molecule has 0 bridgehead atoms. The van der Waals surface area contributed by atoms with Gasteiger partial charge in [-0.3, -0.25) is 4.79 Å². The van der Waals surface area contributed by atoms with Crippen molar-refractivity contribution in [3.63, 3.8) is 0 Å². The number of amides is 1. The van der Waals surface area contributed by atoms with Gasteiger partial charge in [-0.05, 0) is 39.0 Å². The van der Waals surface area contributed by atoms with Gasteiger partial charge in [0.25, 0.3) is 5.91 Å². The lowest BCUT2D eigenvalue weighted by Crippen LogP contribution is -2.29. The molecule has 0 aliphatic heterocycles. The Morgan fingerprint density at radius 2 is 2.05 bits per heavy atom. The van der Waals surface area contributed by atoms with E-state index in [2.05, 4.69) is 5.32 Å². The zero-order chi connectivity index (χ0) is 14.4. The van der Waals surface area contributed by atoms with Crippen LogP contribution in [0.2, 0.25) is 5.02 Å². The largest absolute Gasteiger partial charge is 0.449 e. The normalized spacial score (nSPS) is 11.4. The van der Waals surface area contributed by atoms with Crippen LogP contribution in [-0.2, 0) is 14.3 Å². The van der Waals surface area contributed by atoms with Crippen LogP contribution in [-0.4, -0.2) is 18.0 Å². The smallest absolute Gasteiger partial charge is 0.331 e. The summed E-state index contributed by atoms with van der Waals surface area (Å²) in [5, 5.41) is 3.14. The molecule has 0 saturated carbocycles. The van der Waals surface area contributed by atoms with Crippen molar-refractivity contribution in [3.05, 3.63) is 40.9 Å². The van der Waals surface area contributed by atoms with Gasteiger partial charge in [-0.2, -0.15) is 0 Å². The Bertz CT molecular complexity index is 507. The standard InChI is InChI=1S/C14H16ClNO3/c1-9(2)7-13(17)19-10(3)14(18)16-12-6-4-5-11(15)8-12/h4-8,10H,1-3H3,(H,16,18)/t10-/m0/s1. The van der Waals surface area contributed by atoms with Crippen molar-refractivity contribution in [2.45, 2.75) is 26.9 Å². The number of allylic oxidation sites excluding steroid dienone is 1. The maximum absolute atomic E-state index is 11.8. The molecule has 0 spiro atoms. The molecule has 0 aromatic heterocycles. The van der Waals surface area contributed by atoms with Crippen molar-refractivity contribution in [2.24, 2.45) is 0 Å². The van der Waals surface area contributed by atoms with Crippen molar-refractivity contribution < 1.29 is 14.3 Å². The van der Waals surface area contributed by atoms with Crippen molar-refractivity contribution in [1.29, 1.82) is 0 Å². The third kappa shape index (κ3) is 5.57. The molecule has 0 radical (unpaired) electrons. The fourth-order valence-corrected chi connectivity index (χ4v) is 1.50. The number of hydrogen-bond donors (Lipinski definition) is 1. The number of benzene rings is 1. The molecular weight excluding hydrogens is 266 g/mol. The fraction of sp³-hybridized carbons (Fsp3) is 0.286. The van der Waals surface area contributed by atoms with E-state index in [9.17, 15) is 9.59 Å². The summed E-state index contributed by atoms with van der Waals surface area (Å²) in [7, 11) is 0. The zero-order valence-corrected chi connectivity index (χ0v) is 11.8. The highest BCUT2D eigenvalue weighted by atomic mass is 35.5. The van der Waals surface area contributed by atoms with E-state index in [1.165, 1.54) is 13.0 Å². The van der Waals surface area contributed by atoms with Gasteiger partial charge in [0.15, 0.2) is 6.10 Å². The van der Waals surface area contributed by atoms with Crippen molar-refractivity contribution in [2.75, 3.05) is 5.32 Å². The highest BCUT2D eigenvalue weighted by molar-refractivity contribution is 6.30. The van der Waals surface area contributed by atoms with E-state index in [0.717, 1.165) is 5.57 Å². The molecule has 1 amide bonds. The number of halogens is 1. The molecule has 0 unspecified atom stereocenters. The SMILES string of the molecule is CC(C)=CC(=O)O[C@@H](C)C(=O)Nc1cccc(Cl)c1. The summed E-state index contributed by atoms with van der Waals surface area (Å²) in [5.74, 6) is -0.938. The Hall–Kier alpha value is -1.81. The summed E-state index contributed by atoms with van der Waals surface area (Å²) >= 11 is 5.81. The average Bonchev–Trinajstić information content (AvgIpc) is 2.27. The summed E-state index contributed by atoms with van der Waals surface area (Å²) in [6.45, 7) is 5.06. The first-order valence-corrected chi connectivity index (χ1v) is 6.18. The van der Waals surface area contributed by atoms with Gasteiger partial charge in [-0.15, -0.1) is 0 Å². The second kappa shape index (κ2) is 6.95. The van der Waals surface area contributed by atoms with E-state index < -0.39 is 18.0 Å². The molecule has 1 aromatic carbocycles. The van der Waals surface area contributed by atoms with E-state index in [1.807, 2.05) is 0 Å². The van der Waals surface area contributed by atoms with E-state index >= 15 is 0 Å². The molecule has 0 fully saturated rings. The highest BCUT2D eigenvalue weighted by Gasteiger charge is 2.16. The summed E-state index contributed by atoms with van der Waals surface area (Å²) in [5.41, 5.74) is 1.37. The van der Waals surface area contributed by atoms with Crippen LogP contribution in [0.25, 0.3) is 0 Å². The topological polar surface area (TPSA) is 55.4 Å². The number of ether oxygens (including phenoxy) is 1. The molecule has 1 aromatic rings. The Labute approximate surface area is 117 Å². The Morgan fingerprint density at radius 3 is 2.63 bits per heavy atom. The lowest BCUT2D eigenvalue weighted by molar-refractivity contribution is -0.148. The predicted molar refractivity (Wildman–Crippen MR) is 75.1 cm³/mol. The zero-order valence-electron chi connectivity index (χ0n) is 11.1. The quantitative estimate of drug-likeness (QED) is 0.681. The predicted octanol–water partition coefficient (Wildman–Crippen LogP) is 3.18. The number of hydrogen-bond acceptors (Lipinski definition) is 3. The molecule has 4 nitrogen and oxygen atoms in total. The number of nitrogens with one attached hydrogen (secondary N) is 1. The van der Waals surface area contributed by atoms with E-state index in [4.69, 9.17) is 16.3 Å². The molecule has 19 heavy (non-hydrogen) atoms. The molecule has 1 atom stereocenters. The van der Waals surface area contributed by atoms with Gasteiger partial charge in [-0.25, -0.2) is 4.79 Å². The van der Waals surface area contributed by atoms with Gasteiger partial charge in [0, 0.05) is 16.8 Å². The second-order valence-electron chi connectivity index (χ2n) is 4.30. The van der Waals surface area contributed by atoms with Crippen molar-refractivity contribution in [3.8, 4) is 0 Å². The van der Waals surface area contributed by atoms with E-state index in [0.29, 0.717) is 10.7 Å². The maximum Gasteiger partial charge on any atom is 0.331 e. The Morgan fingerprint density at radius 1 is 1.37 bits per heavy atom. The van der Waals surface area contributed by atoms with Crippen molar-refractivity contribution in [1.82, 2.24) is 0 Å². The Balaban J connectivity index is 2.58. The van der Waals surface area contributed by atoms with Crippen LogP contribution >= 0.6 is 11.6 Å². The minimum Gasteiger partial charge on any atom is -0.449 e. The van der Waals surface area contributed by atoms with E-state index in [-0.39, 0.29) is 0 Å². The number of carbonyl (C=O) groups excluding carboxylic acids is 2. The molecule has 102 valence electrons. The number of rotatable bonds is 4. The minimum atomic E-state index is -0.873. The van der Waals surface area contributed by atoms with E-state index in [1.54, 1.807) is 38.1 Å². The maximum atomic E-state index is 11.8. The second-order valence-corrected chi connectivity index (χ2v) is 4.74. The van der Waals surface area contributed by atoms with Crippen LogP contribution in [0.5, 0.6) is 0 Å². The van der Waals surface area contributed by atoms with Crippen molar-refractivity contribution >= 4 is 29.2 Å². The molecule has 1 rings (SSSR count). The van der Waals surface area contributed by atoms with Gasteiger partial charge < -0.3 is 10.1 Å². The van der Waals surface area contributed by atoms with Gasteiger partial charge in [0.05, 0.1) is 0 Å². The highest BCUT2D eigenvalue weighted by Crippen LogP contribution is 2.15. The minimum absolute atomic E-state index is 0.405. The van der Waals surface area contributed by atoms with Crippen LogP contribution < -0.4 is 5.32 Å². The van der Waals surface area contributed by atoms with Gasteiger partial charge in [0.2, 0.25) is 0 Å². The van der Waals surface area contributed by atoms with Crippen LogP contribution in [0.3, 0.4) is 0 Å². The molecule has 0 saturated heterocycles. The average molecular weight is 282 g/mol. The third-order valence-corrected chi connectivity index (χ3v) is 2.40. The molecule has 0 heterocycles. The first kappa shape index (κ1) is 15.2. The molecule has 5 heteroatoms. The number of anilines is 1. The number of esters is 1.